The average Bonchev–Trinajstić information content (AvgIpc) is 2.25. The predicted octanol–water partition coefficient (Wildman–Crippen LogP) is 1.23. The van der Waals surface area contributed by atoms with E-state index in [-0.39, 0.29) is 0 Å². The van der Waals surface area contributed by atoms with Crippen molar-refractivity contribution in [3.8, 4) is 0 Å². The second-order valence-corrected chi connectivity index (χ2v) is 4.01. The molecule has 0 aliphatic heterocycles. The van der Waals surface area contributed by atoms with E-state index in [1.54, 1.807) is 32.0 Å². The van der Waals surface area contributed by atoms with Gasteiger partial charge in [-0.2, -0.15) is 0 Å². The average molecular weight is 236 g/mol. The van der Waals surface area contributed by atoms with Gasteiger partial charge in [0.25, 0.3) is 0 Å². The standard InChI is InChI=1S/C12H16N2O3/c1-7-5-9(3-4-10(7)11(13)15)14-6-8(2)12(16)17/h3-5,8,14H,6H2,1-2H3,(H2,13,15)(H,16,17). The number of nitrogens with two attached hydrogens (primary N) is 1. The van der Waals surface area contributed by atoms with Crippen molar-refractivity contribution >= 4 is 17.6 Å². The van der Waals surface area contributed by atoms with Crippen LogP contribution in [-0.4, -0.2) is 23.5 Å². The minimum Gasteiger partial charge on any atom is -0.481 e. The third kappa shape index (κ3) is 3.48. The molecule has 4 N–H and O–H groups in total. The number of carbonyl (C=O) groups excluding carboxylic acids is 1. The molecule has 0 aromatic heterocycles. The lowest BCUT2D eigenvalue weighted by Crippen LogP contribution is -2.20. The highest BCUT2D eigenvalue weighted by Crippen LogP contribution is 2.15. The van der Waals surface area contributed by atoms with E-state index >= 15 is 0 Å². The van der Waals surface area contributed by atoms with E-state index in [0.29, 0.717) is 12.1 Å². The minimum absolute atomic E-state index is 0.338. The first-order chi connectivity index (χ1) is 7.91. The Morgan fingerprint density at radius 3 is 2.59 bits per heavy atom. The summed E-state index contributed by atoms with van der Waals surface area (Å²) in [6.45, 7) is 3.75. The molecular weight excluding hydrogens is 220 g/mol. The second kappa shape index (κ2) is 5.34. The van der Waals surface area contributed by atoms with Gasteiger partial charge in [-0.05, 0) is 30.7 Å². The Hall–Kier alpha value is -2.04. The maximum atomic E-state index is 11.0. The Balaban J connectivity index is 2.71. The summed E-state index contributed by atoms with van der Waals surface area (Å²) in [5.74, 6) is -1.78. The monoisotopic (exact) mass is 236 g/mol. The maximum Gasteiger partial charge on any atom is 0.308 e. The van der Waals surface area contributed by atoms with Crippen molar-refractivity contribution in [1.82, 2.24) is 0 Å². The number of amides is 1. The summed E-state index contributed by atoms with van der Waals surface area (Å²) in [7, 11) is 0. The molecule has 0 radical (unpaired) electrons. The van der Waals surface area contributed by atoms with E-state index in [9.17, 15) is 9.59 Å². The van der Waals surface area contributed by atoms with Gasteiger partial charge < -0.3 is 16.2 Å². The highest BCUT2D eigenvalue weighted by Gasteiger charge is 2.10. The number of benzene rings is 1. The Morgan fingerprint density at radius 1 is 1.47 bits per heavy atom. The van der Waals surface area contributed by atoms with Crippen molar-refractivity contribution in [1.29, 1.82) is 0 Å². The molecule has 5 nitrogen and oxygen atoms in total. The van der Waals surface area contributed by atoms with Gasteiger partial charge >= 0.3 is 5.97 Å². The number of aliphatic carboxylic acids is 1. The first-order valence-electron chi connectivity index (χ1n) is 5.29. The molecule has 0 aliphatic carbocycles. The van der Waals surface area contributed by atoms with Gasteiger partial charge in [0, 0.05) is 17.8 Å². The van der Waals surface area contributed by atoms with Gasteiger partial charge in [-0.15, -0.1) is 0 Å². The first-order valence-corrected chi connectivity index (χ1v) is 5.29. The summed E-state index contributed by atoms with van der Waals surface area (Å²) in [6, 6.07) is 5.11. The fourth-order valence-corrected chi connectivity index (χ4v) is 1.41. The third-order valence-electron chi connectivity index (χ3n) is 2.53. The number of carboxylic acid groups (broad SMARTS) is 1. The van der Waals surface area contributed by atoms with Crippen LogP contribution in [0.15, 0.2) is 18.2 Å². The molecule has 92 valence electrons. The number of nitrogens with one attached hydrogen (secondary N) is 1. The van der Waals surface area contributed by atoms with Crippen molar-refractivity contribution < 1.29 is 14.7 Å². The van der Waals surface area contributed by atoms with Gasteiger partial charge in [0.15, 0.2) is 0 Å². The second-order valence-electron chi connectivity index (χ2n) is 4.01. The van der Waals surface area contributed by atoms with Crippen LogP contribution in [0.25, 0.3) is 0 Å². The Bertz CT molecular complexity index is 443. The highest BCUT2D eigenvalue weighted by molar-refractivity contribution is 5.94. The SMILES string of the molecule is Cc1cc(NCC(C)C(=O)O)ccc1C(N)=O. The van der Waals surface area contributed by atoms with Gasteiger partial charge in [-0.25, -0.2) is 0 Å². The largest absolute Gasteiger partial charge is 0.481 e. The number of hydrogen-bond donors (Lipinski definition) is 3. The van der Waals surface area contributed by atoms with E-state index in [2.05, 4.69) is 5.32 Å². The molecule has 0 spiro atoms. The number of rotatable bonds is 5. The van der Waals surface area contributed by atoms with E-state index in [0.717, 1.165) is 11.3 Å². The summed E-state index contributed by atoms with van der Waals surface area (Å²) >= 11 is 0. The number of carboxylic acids is 1. The number of anilines is 1. The summed E-state index contributed by atoms with van der Waals surface area (Å²) in [6.07, 6.45) is 0. The van der Waals surface area contributed by atoms with Crippen LogP contribution in [0.4, 0.5) is 5.69 Å². The fraction of sp³-hybridized carbons (Fsp3) is 0.333. The molecule has 1 unspecified atom stereocenters. The Labute approximate surface area is 99.6 Å². The normalized spacial score (nSPS) is 11.9. The molecule has 0 aliphatic rings. The maximum absolute atomic E-state index is 11.0. The molecule has 1 atom stereocenters. The van der Waals surface area contributed by atoms with Crippen molar-refractivity contribution in [3.63, 3.8) is 0 Å². The molecule has 0 saturated heterocycles. The van der Waals surface area contributed by atoms with Gasteiger partial charge in [0.05, 0.1) is 5.92 Å². The first kappa shape index (κ1) is 13.0. The molecule has 0 heterocycles. The minimum atomic E-state index is -0.844. The van der Waals surface area contributed by atoms with E-state index in [4.69, 9.17) is 10.8 Å². The topological polar surface area (TPSA) is 92.4 Å². The van der Waals surface area contributed by atoms with E-state index in [1.165, 1.54) is 0 Å². The number of primary amides is 1. The summed E-state index contributed by atoms with van der Waals surface area (Å²) in [5.41, 5.74) is 7.21. The van der Waals surface area contributed by atoms with Crippen LogP contribution in [0, 0.1) is 12.8 Å². The van der Waals surface area contributed by atoms with Gasteiger partial charge in [-0.3, -0.25) is 9.59 Å². The predicted molar refractivity (Wildman–Crippen MR) is 65.0 cm³/mol. The van der Waals surface area contributed by atoms with Gasteiger partial charge in [0.2, 0.25) is 5.91 Å². The zero-order chi connectivity index (χ0) is 13.0. The summed E-state index contributed by atoms with van der Waals surface area (Å²) < 4.78 is 0. The quantitative estimate of drug-likeness (QED) is 0.716. The van der Waals surface area contributed by atoms with Crippen LogP contribution in [0.2, 0.25) is 0 Å². The molecule has 17 heavy (non-hydrogen) atoms. The van der Waals surface area contributed by atoms with Gasteiger partial charge in [0.1, 0.15) is 0 Å². The number of hydrogen-bond acceptors (Lipinski definition) is 3. The Morgan fingerprint density at radius 2 is 2.12 bits per heavy atom. The molecule has 0 saturated carbocycles. The van der Waals surface area contributed by atoms with Gasteiger partial charge in [-0.1, -0.05) is 6.92 Å². The lowest BCUT2D eigenvalue weighted by atomic mass is 10.1. The van der Waals surface area contributed by atoms with Crippen LogP contribution < -0.4 is 11.1 Å². The number of aryl methyl sites for hydroxylation is 1. The van der Waals surface area contributed by atoms with Crippen LogP contribution in [0.1, 0.15) is 22.8 Å². The lowest BCUT2D eigenvalue weighted by molar-refractivity contribution is -0.140. The van der Waals surface area contributed by atoms with Crippen molar-refractivity contribution in [2.24, 2.45) is 11.7 Å². The van der Waals surface area contributed by atoms with Crippen molar-refractivity contribution in [2.75, 3.05) is 11.9 Å². The van der Waals surface area contributed by atoms with Crippen LogP contribution in [-0.2, 0) is 4.79 Å². The molecule has 5 heteroatoms. The molecule has 1 rings (SSSR count). The lowest BCUT2D eigenvalue weighted by Gasteiger charge is -2.11. The highest BCUT2D eigenvalue weighted by atomic mass is 16.4. The third-order valence-corrected chi connectivity index (χ3v) is 2.53. The number of carbonyl (C=O) groups is 2. The molecule has 1 amide bonds. The van der Waals surface area contributed by atoms with Crippen molar-refractivity contribution in [2.45, 2.75) is 13.8 Å². The zero-order valence-corrected chi connectivity index (χ0v) is 9.86. The fourth-order valence-electron chi connectivity index (χ4n) is 1.41. The van der Waals surface area contributed by atoms with E-state index in [1.807, 2.05) is 0 Å². The molecular formula is C12H16N2O3. The molecule has 0 bridgehead atoms. The molecule has 1 aromatic rings. The Kier molecular flexibility index (Phi) is 4.09. The van der Waals surface area contributed by atoms with Crippen LogP contribution >= 0.6 is 0 Å². The van der Waals surface area contributed by atoms with Crippen molar-refractivity contribution in [3.05, 3.63) is 29.3 Å². The summed E-state index contributed by atoms with van der Waals surface area (Å²) in [4.78, 5) is 21.6. The molecule has 1 aromatic carbocycles. The van der Waals surface area contributed by atoms with Crippen LogP contribution in [0.5, 0.6) is 0 Å². The smallest absolute Gasteiger partial charge is 0.308 e. The summed E-state index contributed by atoms with van der Waals surface area (Å²) in [5, 5.41) is 11.7. The van der Waals surface area contributed by atoms with E-state index < -0.39 is 17.8 Å². The zero-order valence-electron chi connectivity index (χ0n) is 9.86. The van der Waals surface area contributed by atoms with Crippen LogP contribution in [0.3, 0.4) is 0 Å². The molecule has 0 fully saturated rings.